The molecule has 2 aliphatic carbocycles. The predicted octanol–water partition coefficient (Wildman–Crippen LogP) is 0.0594. The van der Waals surface area contributed by atoms with Crippen LogP contribution in [-0.4, -0.2) is 53.0 Å². The van der Waals surface area contributed by atoms with Crippen molar-refractivity contribution >= 4 is 29.5 Å². The molecule has 3 unspecified atom stereocenters. The monoisotopic (exact) mass is 370 g/mol. The van der Waals surface area contributed by atoms with Gasteiger partial charge in [0, 0.05) is 18.9 Å². The average Bonchev–Trinajstić information content (AvgIpc) is 3.47. The minimum atomic E-state index is -0.711. The summed E-state index contributed by atoms with van der Waals surface area (Å²) in [6.07, 6.45) is 7.97. The first kappa shape index (κ1) is 17.6. The molecule has 4 rings (SSSR count). The number of amides is 4. The molecule has 0 aromatic heterocycles. The number of aliphatic imine (C=N–C) groups is 1. The van der Waals surface area contributed by atoms with E-state index in [2.05, 4.69) is 15.6 Å². The Morgan fingerprint density at radius 3 is 2.78 bits per heavy atom. The molecule has 2 fully saturated rings. The van der Waals surface area contributed by atoms with E-state index in [0.29, 0.717) is 18.8 Å². The van der Waals surface area contributed by atoms with E-state index in [1.807, 2.05) is 18.2 Å². The lowest BCUT2D eigenvalue weighted by molar-refractivity contribution is -0.144. The fourth-order valence-electron chi connectivity index (χ4n) is 3.77. The Kier molecular flexibility index (Phi) is 4.41. The summed E-state index contributed by atoms with van der Waals surface area (Å²) >= 11 is 0. The first-order chi connectivity index (χ1) is 12.9. The number of piperidine rings is 1. The van der Waals surface area contributed by atoms with Gasteiger partial charge in [0.2, 0.25) is 23.6 Å². The second-order valence-corrected chi connectivity index (χ2v) is 7.46. The lowest BCUT2D eigenvalue weighted by Gasteiger charge is -2.39. The molecule has 8 nitrogen and oxygen atoms in total. The van der Waals surface area contributed by atoms with Crippen LogP contribution in [0, 0.1) is 11.8 Å². The van der Waals surface area contributed by atoms with Crippen molar-refractivity contribution in [2.45, 2.75) is 44.7 Å². The summed E-state index contributed by atoms with van der Waals surface area (Å²) in [5.41, 5.74) is 0.858. The normalized spacial score (nSPS) is 30.3. The number of imide groups is 1. The molecule has 2 N–H and O–H groups in total. The number of fused-ring (bicyclic) bond motifs is 1. The van der Waals surface area contributed by atoms with Crippen LogP contribution in [0.4, 0.5) is 0 Å². The van der Waals surface area contributed by atoms with E-state index >= 15 is 0 Å². The maximum absolute atomic E-state index is 13.1. The third kappa shape index (κ3) is 3.43. The molecule has 0 radical (unpaired) electrons. The van der Waals surface area contributed by atoms with Crippen molar-refractivity contribution in [3.05, 3.63) is 23.8 Å². The second-order valence-electron chi connectivity index (χ2n) is 7.46. The zero-order valence-corrected chi connectivity index (χ0v) is 15.1. The van der Waals surface area contributed by atoms with E-state index in [4.69, 9.17) is 0 Å². The van der Waals surface area contributed by atoms with Crippen LogP contribution in [-0.2, 0) is 19.2 Å². The number of nitrogens with zero attached hydrogens (tertiary/aromatic N) is 2. The number of carbonyl (C=O) groups excluding carboxylic acids is 4. The Morgan fingerprint density at radius 2 is 2.07 bits per heavy atom. The lowest BCUT2D eigenvalue weighted by atomic mass is 9.87. The van der Waals surface area contributed by atoms with Crippen LogP contribution in [0.1, 0.15) is 32.6 Å². The predicted molar refractivity (Wildman–Crippen MR) is 96.4 cm³/mol. The van der Waals surface area contributed by atoms with Gasteiger partial charge >= 0.3 is 0 Å². The third-order valence-corrected chi connectivity index (χ3v) is 5.41. The smallest absolute Gasteiger partial charge is 0.249 e. The number of rotatable bonds is 4. The summed E-state index contributed by atoms with van der Waals surface area (Å²) in [6.45, 7) is 2.09. The van der Waals surface area contributed by atoms with Gasteiger partial charge in [0.1, 0.15) is 11.9 Å². The van der Waals surface area contributed by atoms with Gasteiger partial charge in [-0.05, 0) is 31.8 Å². The van der Waals surface area contributed by atoms with Crippen LogP contribution in [0.5, 0.6) is 0 Å². The van der Waals surface area contributed by atoms with Crippen LogP contribution in [0.25, 0.3) is 0 Å². The fourth-order valence-corrected chi connectivity index (χ4v) is 3.77. The molecule has 142 valence electrons. The Labute approximate surface area is 156 Å². The Balaban J connectivity index is 1.50. The van der Waals surface area contributed by atoms with Gasteiger partial charge in [0.15, 0.2) is 0 Å². The lowest BCUT2D eigenvalue weighted by Crippen LogP contribution is -2.59. The molecule has 1 saturated heterocycles. The summed E-state index contributed by atoms with van der Waals surface area (Å²) in [5, 5.41) is 5.19. The molecule has 3 atom stereocenters. The molecule has 0 aromatic carbocycles. The fraction of sp³-hybridized carbons (Fsp3) is 0.526. The first-order valence-corrected chi connectivity index (χ1v) is 9.32. The summed E-state index contributed by atoms with van der Waals surface area (Å²) in [6, 6.07) is -1.01. The first-order valence-electron chi connectivity index (χ1n) is 9.32. The van der Waals surface area contributed by atoms with Crippen molar-refractivity contribution in [3.63, 3.8) is 0 Å². The molecule has 4 aliphatic rings. The van der Waals surface area contributed by atoms with Gasteiger partial charge in [0.25, 0.3) is 0 Å². The van der Waals surface area contributed by atoms with E-state index < -0.39 is 17.9 Å². The molecule has 27 heavy (non-hydrogen) atoms. The SMILES string of the molecule is CC1=NC2C=CC(CNC(=O)C3CC3)=CC2C(=O)N1C1CCC(=O)NC1=O. The minimum absolute atomic E-state index is 0.0560. The summed E-state index contributed by atoms with van der Waals surface area (Å²) in [5.74, 6) is -0.797. The molecule has 0 bridgehead atoms. The molecule has 0 aromatic rings. The molecule has 0 spiro atoms. The van der Waals surface area contributed by atoms with Gasteiger partial charge in [-0.3, -0.25) is 34.4 Å². The van der Waals surface area contributed by atoms with Crippen molar-refractivity contribution in [1.82, 2.24) is 15.5 Å². The quantitative estimate of drug-likeness (QED) is 0.682. The van der Waals surface area contributed by atoms with E-state index in [1.165, 1.54) is 4.90 Å². The molecule has 2 aliphatic heterocycles. The standard InChI is InChI=1S/C19H22N4O4/c1-10-21-14-5-2-11(9-20-17(25)12-3-4-12)8-13(14)19(27)23(10)15-6-7-16(24)22-18(15)26/h2,5,8,12-15H,3-4,6-7,9H2,1H3,(H,20,25)(H,22,24,26). The van der Waals surface area contributed by atoms with Gasteiger partial charge in [0.05, 0.1) is 12.0 Å². The van der Waals surface area contributed by atoms with Crippen molar-refractivity contribution in [1.29, 1.82) is 0 Å². The van der Waals surface area contributed by atoms with Crippen LogP contribution >= 0.6 is 0 Å². The summed E-state index contributed by atoms with van der Waals surface area (Å²) < 4.78 is 0. The van der Waals surface area contributed by atoms with Gasteiger partial charge in [-0.1, -0.05) is 18.2 Å². The van der Waals surface area contributed by atoms with E-state index in [1.54, 1.807) is 6.92 Å². The van der Waals surface area contributed by atoms with Crippen LogP contribution in [0.15, 0.2) is 28.8 Å². The van der Waals surface area contributed by atoms with Gasteiger partial charge in [-0.25, -0.2) is 0 Å². The molecule has 8 heteroatoms. The van der Waals surface area contributed by atoms with E-state index in [0.717, 1.165) is 18.4 Å². The highest BCUT2D eigenvalue weighted by molar-refractivity contribution is 6.08. The molecular formula is C19H22N4O4. The molecule has 4 amide bonds. The van der Waals surface area contributed by atoms with Crippen molar-refractivity contribution < 1.29 is 19.2 Å². The van der Waals surface area contributed by atoms with E-state index in [9.17, 15) is 19.2 Å². The zero-order valence-electron chi connectivity index (χ0n) is 15.1. The van der Waals surface area contributed by atoms with Crippen molar-refractivity contribution in [2.24, 2.45) is 16.8 Å². The second kappa shape index (κ2) is 6.75. The van der Waals surface area contributed by atoms with Crippen molar-refractivity contribution in [2.75, 3.05) is 6.54 Å². The maximum atomic E-state index is 13.1. The molecule has 1 saturated carbocycles. The van der Waals surface area contributed by atoms with Crippen LogP contribution < -0.4 is 10.6 Å². The minimum Gasteiger partial charge on any atom is -0.352 e. The number of carbonyl (C=O) groups is 4. The summed E-state index contributed by atoms with van der Waals surface area (Å²) in [4.78, 5) is 54.5. The highest BCUT2D eigenvalue weighted by atomic mass is 16.2. The van der Waals surface area contributed by atoms with Gasteiger partial charge in [-0.2, -0.15) is 0 Å². The highest BCUT2D eigenvalue weighted by Crippen LogP contribution is 2.30. The highest BCUT2D eigenvalue weighted by Gasteiger charge is 2.43. The third-order valence-electron chi connectivity index (χ3n) is 5.41. The zero-order chi connectivity index (χ0) is 19.1. The summed E-state index contributed by atoms with van der Waals surface area (Å²) in [7, 11) is 0. The Bertz CT molecular complexity index is 809. The van der Waals surface area contributed by atoms with Gasteiger partial charge < -0.3 is 5.32 Å². The largest absolute Gasteiger partial charge is 0.352 e. The number of nitrogens with one attached hydrogen (secondary N) is 2. The van der Waals surface area contributed by atoms with Crippen LogP contribution in [0.2, 0.25) is 0 Å². The number of amidine groups is 1. The topological polar surface area (TPSA) is 108 Å². The molecule has 2 heterocycles. The number of hydrogen-bond donors (Lipinski definition) is 2. The van der Waals surface area contributed by atoms with Crippen LogP contribution in [0.3, 0.4) is 0 Å². The van der Waals surface area contributed by atoms with E-state index in [-0.39, 0.29) is 36.1 Å². The Morgan fingerprint density at radius 1 is 1.30 bits per heavy atom. The van der Waals surface area contributed by atoms with Gasteiger partial charge in [-0.15, -0.1) is 0 Å². The average molecular weight is 370 g/mol. The van der Waals surface area contributed by atoms with Crippen molar-refractivity contribution in [3.8, 4) is 0 Å². The molecular weight excluding hydrogens is 348 g/mol. The maximum Gasteiger partial charge on any atom is 0.249 e. The number of hydrogen-bond acceptors (Lipinski definition) is 5. The Hall–Kier alpha value is -2.77.